The summed E-state index contributed by atoms with van der Waals surface area (Å²) in [5, 5.41) is 9.78. The summed E-state index contributed by atoms with van der Waals surface area (Å²) in [4.78, 5) is 0. The van der Waals surface area contributed by atoms with Crippen LogP contribution in [0.25, 0.3) is 0 Å². The fourth-order valence-electron chi connectivity index (χ4n) is 1.82. The van der Waals surface area contributed by atoms with Crippen LogP contribution in [0.4, 0.5) is 0 Å². The van der Waals surface area contributed by atoms with Gasteiger partial charge in [0, 0.05) is 0 Å². The van der Waals surface area contributed by atoms with Crippen LogP contribution in [-0.2, 0) is 6.42 Å². The van der Waals surface area contributed by atoms with Gasteiger partial charge in [0.25, 0.3) is 0 Å². The lowest BCUT2D eigenvalue weighted by molar-refractivity contribution is 0.158. The van der Waals surface area contributed by atoms with Crippen LogP contribution in [-0.4, -0.2) is 11.2 Å². The van der Waals surface area contributed by atoms with Crippen LogP contribution in [0.1, 0.15) is 30.4 Å². The normalized spacial score (nSPS) is 18.1. The summed E-state index contributed by atoms with van der Waals surface area (Å²) >= 11 is 0. The Balaban J connectivity index is 1.85. The highest BCUT2D eigenvalue weighted by atomic mass is 16.3. The number of benzene rings is 1. The smallest absolute Gasteiger partial charge is 0.0583 e. The molecule has 76 valence electrons. The molecule has 0 aromatic heterocycles. The van der Waals surface area contributed by atoms with Crippen molar-refractivity contribution in [1.29, 1.82) is 0 Å². The molecule has 0 bridgehead atoms. The maximum Gasteiger partial charge on any atom is 0.0583 e. The van der Waals surface area contributed by atoms with Crippen molar-refractivity contribution >= 4 is 0 Å². The fraction of sp³-hybridized carbons (Fsp3) is 0.538. The molecule has 1 aliphatic carbocycles. The third-order valence-electron chi connectivity index (χ3n) is 2.89. The third kappa shape index (κ3) is 2.85. The molecule has 1 aromatic carbocycles. The number of aryl methyl sites for hydroxylation is 1. The van der Waals surface area contributed by atoms with Crippen molar-refractivity contribution in [3.05, 3.63) is 35.4 Å². The molecule has 1 N–H and O–H groups in total. The van der Waals surface area contributed by atoms with Gasteiger partial charge in [-0.25, -0.2) is 0 Å². The molecule has 1 heteroatoms. The van der Waals surface area contributed by atoms with E-state index in [1.54, 1.807) is 0 Å². The summed E-state index contributed by atoms with van der Waals surface area (Å²) in [6.07, 6.45) is 4.32. The zero-order valence-electron chi connectivity index (χ0n) is 8.74. The molecular formula is C13H18O. The summed E-state index contributed by atoms with van der Waals surface area (Å²) in [5.74, 6) is 0.815. The average molecular weight is 190 g/mol. The van der Waals surface area contributed by atoms with Gasteiger partial charge in [0.15, 0.2) is 0 Å². The maximum absolute atomic E-state index is 9.78. The van der Waals surface area contributed by atoms with Crippen LogP contribution in [0, 0.1) is 12.8 Å². The highest BCUT2D eigenvalue weighted by Gasteiger charge is 2.24. The number of aliphatic hydroxyl groups excluding tert-OH is 1. The minimum Gasteiger partial charge on any atom is -0.393 e. The van der Waals surface area contributed by atoms with Gasteiger partial charge < -0.3 is 5.11 Å². The predicted molar refractivity (Wildman–Crippen MR) is 58.2 cm³/mol. The first kappa shape index (κ1) is 9.72. The Labute approximate surface area is 85.8 Å². The Hall–Kier alpha value is -0.820. The summed E-state index contributed by atoms with van der Waals surface area (Å²) in [6.45, 7) is 2.09. The van der Waals surface area contributed by atoms with Crippen LogP contribution < -0.4 is 0 Å². The highest BCUT2D eigenvalue weighted by molar-refractivity contribution is 5.21. The lowest BCUT2D eigenvalue weighted by Gasteiger charge is -2.09. The van der Waals surface area contributed by atoms with Crippen molar-refractivity contribution in [1.82, 2.24) is 0 Å². The van der Waals surface area contributed by atoms with E-state index in [2.05, 4.69) is 31.2 Å². The largest absolute Gasteiger partial charge is 0.393 e. The molecule has 0 amide bonds. The Morgan fingerprint density at radius 1 is 1.29 bits per heavy atom. The van der Waals surface area contributed by atoms with Crippen molar-refractivity contribution < 1.29 is 5.11 Å². The number of aliphatic hydroxyl groups is 1. The van der Waals surface area contributed by atoms with E-state index in [4.69, 9.17) is 0 Å². The van der Waals surface area contributed by atoms with Crippen LogP contribution in [0.3, 0.4) is 0 Å². The van der Waals surface area contributed by atoms with Crippen LogP contribution >= 0.6 is 0 Å². The van der Waals surface area contributed by atoms with E-state index in [1.165, 1.54) is 24.0 Å². The third-order valence-corrected chi connectivity index (χ3v) is 2.89. The van der Waals surface area contributed by atoms with Crippen molar-refractivity contribution in [3.63, 3.8) is 0 Å². The summed E-state index contributed by atoms with van der Waals surface area (Å²) in [6, 6.07) is 8.45. The number of rotatable bonds is 4. The van der Waals surface area contributed by atoms with Crippen molar-refractivity contribution in [2.75, 3.05) is 0 Å². The topological polar surface area (TPSA) is 20.2 Å². The lowest BCUT2D eigenvalue weighted by atomic mass is 10.0. The van der Waals surface area contributed by atoms with Gasteiger partial charge in [-0.3, -0.25) is 0 Å². The monoisotopic (exact) mass is 190 g/mol. The second-order valence-electron chi connectivity index (χ2n) is 4.52. The van der Waals surface area contributed by atoms with E-state index in [-0.39, 0.29) is 6.10 Å². The van der Waals surface area contributed by atoms with Crippen molar-refractivity contribution in [2.24, 2.45) is 5.92 Å². The molecule has 0 heterocycles. The van der Waals surface area contributed by atoms with E-state index >= 15 is 0 Å². The maximum atomic E-state index is 9.78. The Kier molecular flexibility index (Phi) is 2.87. The highest BCUT2D eigenvalue weighted by Crippen LogP contribution is 2.34. The molecule has 1 unspecified atom stereocenters. The van der Waals surface area contributed by atoms with Gasteiger partial charge in [-0.2, -0.15) is 0 Å². The van der Waals surface area contributed by atoms with Gasteiger partial charge in [-0.05, 0) is 31.2 Å². The van der Waals surface area contributed by atoms with E-state index in [0.717, 1.165) is 18.8 Å². The van der Waals surface area contributed by atoms with Crippen molar-refractivity contribution in [2.45, 2.75) is 38.7 Å². The van der Waals surface area contributed by atoms with E-state index in [9.17, 15) is 5.11 Å². The molecule has 1 nitrogen and oxygen atoms in total. The SMILES string of the molecule is Cc1ccc(CC(O)CC2CC2)cc1. The zero-order valence-corrected chi connectivity index (χ0v) is 8.74. The average Bonchev–Trinajstić information content (AvgIpc) is 2.93. The molecular weight excluding hydrogens is 172 g/mol. The molecule has 0 saturated heterocycles. The first-order valence-electron chi connectivity index (χ1n) is 5.47. The molecule has 1 fully saturated rings. The Morgan fingerprint density at radius 3 is 2.50 bits per heavy atom. The molecule has 0 radical (unpaired) electrons. The molecule has 14 heavy (non-hydrogen) atoms. The molecule has 1 atom stereocenters. The molecule has 0 aliphatic heterocycles. The second kappa shape index (κ2) is 4.14. The Morgan fingerprint density at radius 2 is 1.93 bits per heavy atom. The zero-order chi connectivity index (χ0) is 9.97. The molecule has 1 aliphatic rings. The molecule has 1 aromatic rings. The molecule has 2 rings (SSSR count). The summed E-state index contributed by atoms with van der Waals surface area (Å²) in [5.41, 5.74) is 2.54. The standard InChI is InChI=1S/C13H18O/c1-10-2-4-11(5-3-10)8-13(14)9-12-6-7-12/h2-5,12-14H,6-9H2,1H3. The van der Waals surface area contributed by atoms with Gasteiger partial charge in [-0.15, -0.1) is 0 Å². The van der Waals surface area contributed by atoms with E-state index in [0.29, 0.717) is 0 Å². The first-order valence-corrected chi connectivity index (χ1v) is 5.47. The number of hydrogen-bond donors (Lipinski definition) is 1. The van der Waals surface area contributed by atoms with Crippen LogP contribution in [0.2, 0.25) is 0 Å². The van der Waals surface area contributed by atoms with Crippen LogP contribution in [0.15, 0.2) is 24.3 Å². The van der Waals surface area contributed by atoms with Gasteiger partial charge in [-0.1, -0.05) is 42.7 Å². The predicted octanol–water partition coefficient (Wildman–Crippen LogP) is 2.70. The van der Waals surface area contributed by atoms with Crippen molar-refractivity contribution in [3.8, 4) is 0 Å². The van der Waals surface area contributed by atoms with E-state index in [1.807, 2.05) is 0 Å². The fourth-order valence-corrected chi connectivity index (χ4v) is 1.82. The van der Waals surface area contributed by atoms with Gasteiger partial charge in [0.2, 0.25) is 0 Å². The molecule has 1 saturated carbocycles. The van der Waals surface area contributed by atoms with Crippen LogP contribution in [0.5, 0.6) is 0 Å². The van der Waals surface area contributed by atoms with Gasteiger partial charge in [0.1, 0.15) is 0 Å². The second-order valence-corrected chi connectivity index (χ2v) is 4.52. The minimum absolute atomic E-state index is 0.134. The molecule has 0 spiro atoms. The lowest BCUT2D eigenvalue weighted by Crippen LogP contribution is -2.11. The quantitative estimate of drug-likeness (QED) is 0.774. The Bertz CT molecular complexity index is 285. The minimum atomic E-state index is -0.134. The van der Waals surface area contributed by atoms with Gasteiger partial charge in [0.05, 0.1) is 6.10 Å². The first-order chi connectivity index (χ1) is 6.74. The van der Waals surface area contributed by atoms with Gasteiger partial charge >= 0.3 is 0 Å². The summed E-state index contributed by atoms with van der Waals surface area (Å²) < 4.78 is 0. The van der Waals surface area contributed by atoms with E-state index < -0.39 is 0 Å². The number of hydrogen-bond acceptors (Lipinski definition) is 1. The summed E-state index contributed by atoms with van der Waals surface area (Å²) in [7, 11) is 0.